The van der Waals surface area contributed by atoms with Crippen molar-refractivity contribution in [3.63, 3.8) is 0 Å². The van der Waals surface area contributed by atoms with Crippen LogP contribution in [-0.2, 0) is 0 Å². The lowest BCUT2D eigenvalue weighted by molar-refractivity contribution is 0.807. The molecular weight excluding hydrogens is 1110 g/mol. The van der Waals surface area contributed by atoms with Gasteiger partial charge in [0.05, 0.1) is 0 Å². The molecular formula is C88H90B2N2. The Hall–Kier alpha value is -8.59. The van der Waals surface area contributed by atoms with Gasteiger partial charge in [-0.25, -0.2) is 0 Å². The fraction of sp³-hybridized carbons (Fsp3) is 0.273. The summed E-state index contributed by atoms with van der Waals surface area (Å²) in [5.74, 6) is 1.66. The summed E-state index contributed by atoms with van der Waals surface area (Å²) in [6.07, 6.45) is 0. The molecule has 12 aromatic carbocycles. The van der Waals surface area contributed by atoms with Gasteiger partial charge in [0.2, 0.25) is 13.4 Å². The highest BCUT2D eigenvalue weighted by molar-refractivity contribution is 7.00. The van der Waals surface area contributed by atoms with Crippen LogP contribution in [0, 0.1) is 41.5 Å². The molecule has 0 aliphatic carbocycles. The van der Waals surface area contributed by atoms with Crippen LogP contribution in [0.15, 0.2) is 182 Å². The van der Waals surface area contributed by atoms with Crippen LogP contribution in [0.25, 0.3) is 54.6 Å². The van der Waals surface area contributed by atoms with E-state index in [1.54, 1.807) is 0 Å². The van der Waals surface area contributed by atoms with Crippen molar-refractivity contribution in [2.24, 2.45) is 0 Å². The predicted molar refractivity (Wildman–Crippen MR) is 406 cm³/mol. The van der Waals surface area contributed by atoms with Gasteiger partial charge >= 0.3 is 0 Å². The number of nitrogens with zero attached hydrogens (tertiary/aromatic N) is 2. The molecule has 0 saturated carbocycles. The molecule has 0 radical (unpaired) electrons. The fourth-order valence-electron chi connectivity index (χ4n) is 17.2. The maximum absolute atomic E-state index is 2.68. The molecule has 0 fully saturated rings. The number of benzene rings is 12. The molecule has 0 unspecified atom stereocenters. The minimum absolute atomic E-state index is 0.0970. The molecule has 0 saturated heterocycles. The normalized spacial score (nSPS) is 13.2. The van der Waals surface area contributed by atoms with Gasteiger partial charge in [0.15, 0.2) is 0 Å². The van der Waals surface area contributed by atoms with E-state index in [-0.39, 0.29) is 37.1 Å². The molecule has 0 amide bonds. The Morgan fingerprint density at radius 2 is 0.576 bits per heavy atom. The second-order valence-corrected chi connectivity index (χ2v) is 29.4. The van der Waals surface area contributed by atoms with Crippen LogP contribution in [0.2, 0.25) is 0 Å². The zero-order valence-corrected chi connectivity index (χ0v) is 57.8. The maximum atomic E-state index is 2.68. The van der Waals surface area contributed by atoms with Crippen molar-refractivity contribution in [1.29, 1.82) is 0 Å². The van der Waals surface area contributed by atoms with Crippen molar-refractivity contribution in [3.8, 4) is 22.3 Å². The Morgan fingerprint density at radius 1 is 0.283 bits per heavy atom. The molecule has 0 atom stereocenters. The van der Waals surface area contributed by atoms with Gasteiger partial charge in [-0.3, -0.25) is 0 Å². The smallest absolute Gasteiger partial charge is 0.248 e. The van der Waals surface area contributed by atoms with Crippen molar-refractivity contribution in [2.45, 2.75) is 160 Å². The zero-order chi connectivity index (χ0) is 64.6. The molecule has 14 rings (SSSR count). The largest absolute Gasteiger partial charge is 0.311 e. The van der Waals surface area contributed by atoms with Gasteiger partial charge in [0, 0.05) is 55.7 Å². The molecule has 458 valence electrons. The van der Waals surface area contributed by atoms with E-state index in [1.165, 1.54) is 177 Å². The maximum Gasteiger partial charge on any atom is 0.248 e. The summed E-state index contributed by atoms with van der Waals surface area (Å²) in [5, 5.41) is 7.84. The molecule has 0 aromatic heterocycles. The molecule has 0 spiro atoms. The Balaban J connectivity index is 1.32. The van der Waals surface area contributed by atoms with Gasteiger partial charge in [0.25, 0.3) is 0 Å². The topological polar surface area (TPSA) is 6.48 Å². The van der Waals surface area contributed by atoms with Crippen LogP contribution in [0.4, 0.5) is 34.1 Å². The number of rotatable bonds is 12. The third-order valence-corrected chi connectivity index (χ3v) is 21.1. The Kier molecular flexibility index (Phi) is 15.4. The molecule has 92 heavy (non-hydrogen) atoms. The second kappa shape index (κ2) is 23.2. The fourth-order valence-corrected chi connectivity index (χ4v) is 17.2. The molecule has 0 bridgehead atoms. The van der Waals surface area contributed by atoms with Crippen molar-refractivity contribution in [2.75, 3.05) is 9.80 Å². The van der Waals surface area contributed by atoms with Crippen LogP contribution in [0.1, 0.15) is 185 Å². The van der Waals surface area contributed by atoms with Crippen molar-refractivity contribution >= 4 is 113 Å². The standard InChI is InChI=1S/C88H90B2N2/c1-49(2)61-45-69(51(5)6)79(70(46-61)52(7)8)81-65-37-39-68-78-66(38-40-67(77(65)78)87-85(81)89(83-57(15)41-55(13)42-58(83)16)73-33-25-27-35-75(73)91(87)63-29-21-19-22-30-63)82(80-71(53(9)10)47-62(50(3)4)48-72(80)54(11)12)86-88(68)92(64-31-23-20-24-32-64)76-36-28-26-34-74(76)90(86)84-59(17)43-56(14)44-60(84)18/h19-54H,1-18H3. The van der Waals surface area contributed by atoms with E-state index in [0.717, 1.165) is 11.4 Å². The highest BCUT2D eigenvalue weighted by Crippen LogP contribution is 2.55. The van der Waals surface area contributed by atoms with Gasteiger partial charge in [-0.2, -0.15) is 0 Å². The Labute approximate surface area is 550 Å². The summed E-state index contributed by atoms with van der Waals surface area (Å²) < 4.78 is 0. The summed E-state index contributed by atoms with van der Waals surface area (Å²) in [6.45, 7) is 42.9. The summed E-state index contributed by atoms with van der Waals surface area (Å²) in [6, 6.07) is 72.1. The quantitative estimate of drug-likeness (QED) is 0.0889. The number of hydrogen-bond donors (Lipinski definition) is 0. The van der Waals surface area contributed by atoms with Crippen LogP contribution in [0.5, 0.6) is 0 Å². The highest BCUT2D eigenvalue weighted by Gasteiger charge is 2.45. The van der Waals surface area contributed by atoms with Gasteiger partial charge in [-0.15, -0.1) is 0 Å². The summed E-state index contributed by atoms with van der Waals surface area (Å²) in [7, 11) is 0. The number of hydrogen-bond acceptors (Lipinski definition) is 2. The number of anilines is 6. The van der Waals surface area contributed by atoms with Gasteiger partial charge < -0.3 is 9.80 Å². The van der Waals surface area contributed by atoms with Crippen LogP contribution in [0.3, 0.4) is 0 Å². The summed E-state index contributed by atoms with van der Waals surface area (Å²) in [4.78, 5) is 5.37. The van der Waals surface area contributed by atoms with E-state index in [9.17, 15) is 0 Å². The third-order valence-electron chi connectivity index (χ3n) is 21.1. The van der Waals surface area contributed by atoms with Gasteiger partial charge in [-0.1, -0.05) is 273 Å². The van der Waals surface area contributed by atoms with Crippen LogP contribution < -0.4 is 42.6 Å². The monoisotopic (exact) mass is 1200 g/mol. The predicted octanol–water partition coefficient (Wildman–Crippen LogP) is 21.1. The minimum Gasteiger partial charge on any atom is -0.311 e. The first-order chi connectivity index (χ1) is 44.2. The van der Waals surface area contributed by atoms with Crippen LogP contribution >= 0.6 is 0 Å². The minimum atomic E-state index is -0.0970. The van der Waals surface area contributed by atoms with E-state index in [2.05, 4.69) is 316 Å². The first-order valence-corrected chi connectivity index (χ1v) is 34.4. The lowest BCUT2D eigenvalue weighted by Gasteiger charge is -2.42. The summed E-state index contributed by atoms with van der Waals surface area (Å²) in [5.41, 5.74) is 37.5. The lowest BCUT2D eigenvalue weighted by atomic mass is 9.32. The zero-order valence-electron chi connectivity index (χ0n) is 57.8. The molecule has 0 N–H and O–H groups in total. The van der Waals surface area contributed by atoms with E-state index >= 15 is 0 Å². The number of fused-ring (bicyclic) bond motifs is 6. The molecule has 2 heterocycles. The van der Waals surface area contributed by atoms with E-state index in [4.69, 9.17) is 0 Å². The second-order valence-electron chi connectivity index (χ2n) is 29.4. The Bertz CT molecular complexity index is 4490. The van der Waals surface area contributed by atoms with Crippen molar-refractivity contribution < 1.29 is 0 Å². The molecule has 12 aromatic rings. The number of aryl methyl sites for hydroxylation is 6. The van der Waals surface area contributed by atoms with Gasteiger partial charge in [0.1, 0.15) is 0 Å². The first kappa shape index (κ1) is 60.9. The average Bonchev–Trinajstić information content (AvgIpc) is 0.675. The SMILES string of the molecule is Cc1cc(C)c(B2c3ccccc3N(c3ccccc3)c3c2c(-c2c(C(C)C)cc(C(C)C)cc2C(C)C)c2ccc4c5c(c(-c6c(C(C)C)cc(C(C)C)cc6C(C)C)c6ccc3c2c64)B(c2c(C)cc(C)cc2C)c2ccccc2N5c2ccccc2)c(C)c1. The molecule has 2 nitrogen and oxygen atoms in total. The number of para-hydroxylation sites is 4. The average molecular weight is 1200 g/mol. The van der Waals surface area contributed by atoms with E-state index in [1.807, 2.05) is 0 Å². The highest BCUT2D eigenvalue weighted by atomic mass is 15.2. The van der Waals surface area contributed by atoms with Crippen molar-refractivity contribution in [1.82, 2.24) is 0 Å². The third kappa shape index (κ3) is 9.50. The van der Waals surface area contributed by atoms with E-state index < -0.39 is 0 Å². The molecule has 4 heteroatoms. The Morgan fingerprint density at radius 3 is 0.880 bits per heavy atom. The first-order valence-electron chi connectivity index (χ1n) is 34.4. The van der Waals surface area contributed by atoms with E-state index in [0.29, 0.717) is 11.8 Å². The molecule has 2 aliphatic heterocycles. The summed E-state index contributed by atoms with van der Waals surface area (Å²) >= 11 is 0. The lowest BCUT2D eigenvalue weighted by Crippen LogP contribution is -2.59. The molecule has 2 aliphatic rings. The van der Waals surface area contributed by atoms with Crippen LogP contribution in [-0.4, -0.2) is 13.4 Å². The van der Waals surface area contributed by atoms with Gasteiger partial charge in [-0.05, 0) is 202 Å². The van der Waals surface area contributed by atoms with Crippen molar-refractivity contribution in [3.05, 3.63) is 249 Å².